The average Bonchev–Trinajstić information content (AvgIpc) is 3.16. The van der Waals surface area contributed by atoms with Gasteiger partial charge in [0.15, 0.2) is 12.6 Å². The third-order valence-corrected chi connectivity index (χ3v) is 17.8. The van der Waals surface area contributed by atoms with Crippen molar-refractivity contribution in [1.82, 2.24) is 0 Å². The van der Waals surface area contributed by atoms with E-state index in [-0.39, 0.29) is 39.1 Å². The van der Waals surface area contributed by atoms with E-state index in [4.69, 9.17) is 23.7 Å². The molecule has 2 saturated heterocycles. The first kappa shape index (κ1) is 43.8. The Hall–Kier alpha value is -1.23. The van der Waals surface area contributed by atoms with Gasteiger partial charge >= 0.3 is 5.97 Å². The summed E-state index contributed by atoms with van der Waals surface area (Å²) in [7, 11) is 0. The van der Waals surface area contributed by atoms with E-state index in [1.165, 1.54) is 0 Å². The molecule has 2 aliphatic heterocycles. The molecule has 57 heavy (non-hydrogen) atoms. The molecule has 7 N–H and O–H groups in total. The maximum atomic E-state index is 13.3. The molecule has 7 rings (SSSR count). The van der Waals surface area contributed by atoms with Crippen LogP contribution in [0.1, 0.15) is 120 Å². The fraction of sp³-hybridized carbons (Fsp3) is 0.932. The van der Waals surface area contributed by atoms with Crippen LogP contribution in [0.15, 0.2) is 11.6 Å². The van der Waals surface area contributed by atoms with E-state index >= 15 is 0 Å². The summed E-state index contributed by atoms with van der Waals surface area (Å²) >= 11 is 0. The van der Waals surface area contributed by atoms with Crippen molar-refractivity contribution >= 4 is 5.97 Å². The highest BCUT2D eigenvalue weighted by Crippen LogP contribution is 2.76. The maximum Gasteiger partial charge on any atom is 0.311 e. The van der Waals surface area contributed by atoms with Crippen LogP contribution in [0.3, 0.4) is 0 Å². The molecule has 0 spiro atoms. The van der Waals surface area contributed by atoms with E-state index < -0.39 is 80.0 Å². The Balaban J connectivity index is 1.08. The second-order valence-corrected chi connectivity index (χ2v) is 21.0. The SMILES string of the molecule is CCOC(=O)[C@@]1(C)CC[C@]2(C)CC[C@]3(C)C(=CCC4[C@@]5(C)CC[C@H](OC6OC(CO)C(OC7OC(CO)C(O)C(O)C7O)C(O)C6O)C(C)(C)C5CC[C@]43C)[C@@H]2C1. The molecule has 0 amide bonds. The summed E-state index contributed by atoms with van der Waals surface area (Å²) in [4.78, 5) is 13.3. The Kier molecular flexibility index (Phi) is 11.8. The molecule has 0 aromatic heterocycles. The van der Waals surface area contributed by atoms with E-state index in [0.717, 1.165) is 64.2 Å². The lowest BCUT2D eigenvalue weighted by atomic mass is 9.33. The van der Waals surface area contributed by atoms with Gasteiger partial charge in [-0.3, -0.25) is 4.79 Å². The normalized spacial score (nSPS) is 53.4. The Bertz CT molecular complexity index is 1520. The third-order valence-electron chi connectivity index (χ3n) is 17.8. The molecule has 0 aromatic rings. The van der Waals surface area contributed by atoms with Crippen LogP contribution in [0.2, 0.25) is 0 Å². The summed E-state index contributed by atoms with van der Waals surface area (Å²) in [6.07, 6.45) is -2.83. The fourth-order valence-corrected chi connectivity index (χ4v) is 13.9. The largest absolute Gasteiger partial charge is 0.466 e. The van der Waals surface area contributed by atoms with Crippen molar-refractivity contribution in [1.29, 1.82) is 0 Å². The van der Waals surface area contributed by atoms with E-state index in [0.29, 0.717) is 24.4 Å². The quantitative estimate of drug-likeness (QED) is 0.107. The monoisotopic (exact) mass is 808 g/mol. The number of ether oxygens (including phenoxy) is 5. The highest BCUT2D eigenvalue weighted by molar-refractivity contribution is 5.76. The average molecular weight is 809 g/mol. The molecular weight excluding hydrogens is 736 g/mol. The third kappa shape index (κ3) is 6.71. The number of carbonyl (C=O) groups is 1. The van der Waals surface area contributed by atoms with Crippen molar-refractivity contribution in [3.8, 4) is 0 Å². The van der Waals surface area contributed by atoms with Gasteiger partial charge < -0.3 is 59.4 Å². The molecule has 4 saturated carbocycles. The number of hydrogen-bond donors (Lipinski definition) is 7. The summed E-state index contributed by atoms with van der Waals surface area (Å²) < 4.78 is 29.6. The van der Waals surface area contributed by atoms with Gasteiger partial charge in [0.2, 0.25) is 0 Å². The molecule has 7 aliphatic rings. The first-order valence-corrected chi connectivity index (χ1v) is 21.8. The highest BCUT2D eigenvalue weighted by Gasteiger charge is 2.69. The summed E-state index contributed by atoms with van der Waals surface area (Å²) in [5.41, 5.74) is 1.06. The van der Waals surface area contributed by atoms with Gasteiger partial charge in [-0.15, -0.1) is 0 Å². The topological polar surface area (TPSA) is 205 Å². The number of esters is 1. The number of fused-ring (bicyclic) bond motifs is 7. The molecule has 0 bridgehead atoms. The molecular formula is C44H72O13. The summed E-state index contributed by atoms with van der Waals surface area (Å²) in [6.45, 7) is 17.7. The standard InChI is InChI=1S/C44H72O13/c1-9-53-38(52)41(5)17-16-40(4)18-19-43(7)23(24(40)20-41)10-11-28-42(6)14-13-29(39(2,3)27(42)12-15-44(28,43)8)56-36-34(51)32(49)35(26(22-46)55-36)57-37-33(50)31(48)30(47)25(21-45)54-37/h10,24-37,45-51H,9,11-22H2,1-8H3/t24-,25?,26?,27?,28?,29-,30?,31?,32?,33?,34?,35?,36?,37?,40+,41-,42-,43+,44+/m0/s1. The van der Waals surface area contributed by atoms with Crippen LogP contribution in [-0.2, 0) is 28.5 Å². The minimum absolute atomic E-state index is 0.0116. The van der Waals surface area contributed by atoms with Crippen molar-refractivity contribution in [2.45, 2.75) is 187 Å². The number of rotatable bonds is 8. The predicted octanol–water partition coefficient (Wildman–Crippen LogP) is 3.36. The molecule has 13 nitrogen and oxygen atoms in total. The van der Waals surface area contributed by atoms with Crippen LogP contribution in [0.5, 0.6) is 0 Å². The zero-order chi connectivity index (χ0) is 41.7. The van der Waals surface area contributed by atoms with Crippen LogP contribution in [0, 0.1) is 50.2 Å². The van der Waals surface area contributed by atoms with Crippen molar-refractivity contribution < 1.29 is 64.2 Å². The number of carbonyl (C=O) groups excluding carboxylic acids is 1. The van der Waals surface area contributed by atoms with E-state index in [1.807, 2.05) is 6.92 Å². The lowest BCUT2D eigenvalue weighted by Gasteiger charge is -2.71. The summed E-state index contributed by atoms with van der Waals surface area (Å²) in [5, 5.41) is 73.6. The van der Waals surface area contributed by atoms with Gasteiger partial charge in [-0.1, -0.05) is 53.2 Å². The van der Waals surface area contributed by atoms with Crippen molar-refractivity contribution in [2.75, 3.05) is 19.8 Å². The molecule has 19 atom stereocenters. The molecule has 6 fully saturated rings. The number of aliphatic hydroxyl groups excluding tert-OH is 7. The fourth-order valence-electron chi connectivity index (χ4n) is 13.9. The van der Waals surface area contributed by atoms with Gasteiger partial charge in [0.1, 0.15) is 48.8 Å². The Morgan fingerprint density at radius 3 is 2.04 bits per heavy atom. The van der Waals surface area contributed by atoms with Crippen LogP contribution in [0.4, 0.5) is 0 Å². The maximum absolute atomic E-state index is 13.3. The zero-order valence-corrected chi connectivity index (χ0v) is 35.4. The lowest BCUT2D eigenvalue weighted by Crippen LogP contribution is -2.66. The second kappa shape index (κ2) is 15.3. The van der Waals surface area contributed by atoms with E-state index in [9.17, 15) is 40.5 Å². The molecule has 326 valence electrons. The number of allylic oxidation sites excluding steroid dienone is 2. The zero-order valence-electron chi connectivity index (χ0n) is 35.4. The molecule has 13 heteroatoms. The van der Waals surface area contributed by atoms with Crippen molar-refractivity contribution in [3.05, 3.63) is 11.6 Å². The highest BCUT2D eigenvalue weighted by atomic mass is 16.7. The first-order chi connectivity index (χ1) is 26.7. The van der Waals surface area contributed by atoms with Crippen molar-refractivity contribution in [2.24, 2.45) is 50.2 Å². The van der Waals surface area contributed by atoms with E-state index in [2.05, 4.69) is 54.5 Å². The minimum atomic E-state index is -1.73. The van der Waals surface area contributed by atoms with Gasteiger partial charge in [0.25, 0.3) is 0 Å². The van der Waals surface area contributed by atoms with Crippen LogP contribution in [0.25, 0.3) is 0 Å². The van der Waals surface area contributed by atoms with Gasteiger partial charge in [0.05, 0.1) is 31.3 Å². The van der Waals surface area contributed by atoms with Gasteiger partial charge in [-0.25, -0.2) is 0 Å². The summed E-state index contributed by atoms with van der Waals surface area (Å²) in [5.74, 6) is 1.05. The van der Waals surface area contributed by atoms with Crippen LogP contribution < -0.4 is 0 Å². The molecule has 5 aliphatic carbocycles. The van der Waals surface area contributed by atoms with Gasteiger partial charge in [-0.05, 0) is 123 Å². The van der Waals surface area contributed by atoms with Crippen molar-refractivity contribution in [3.63, 3.8) is 0 Å². The molecule has 12 unspecified atom stereocenters. The van der Waals surface area contributed by atoms with Gasteiger partial charge in [-0.2, -0.15) is 0 Å². The minimum Gasteiger partial charge on any atom is -0.466 e. The van der Waals surface area contributed by atoms with Crippen LogP contribution >= 0.6 is 0 Å². The molecule has 0 radical (unpaired) electrons. The summed E-state index contributed by atoms with van der Waals surface area (Å²) in [6, 6.07) is 0. The molecule has 0 aromatic carbocycles. The Morgan fingerprint density at radius 1 is 0.737 bits per heavy atom. The van der Waals surface area contributed by atoms with E-state index in [1.54, 1.807) is 5.57 Å². The molecule has 2 heterocycles. The van der Waals surface area contributed by atoms with Crippen LogP contribution in [-0.4, -0.2) is 129 Å². The first-order valence-electron chi connectivity index (χ1n) is 21.8. The smallest absolute Gasteiger partial charge is 0.311 e. The second-order valence-electron chi connectivity index (χ2n) is 21.0. The van der Waals surface area contributed by atoms with Gasteiger partial charge in [0, 0.05) is 0 Å². The Morgan fingerprint density at radius 2 is 1.37 bits per heavy atom. The lowest BCUT2D eigenvalue weighted by molar-refractivity contribution is -0.368. The number of aliphatic hydroxyl groups is 7. The Labute approximate surface area is 338 Å². The predicted molar refractivity (Wildman–Crippen MR) is 207 cm³/mol. The number of hydrogen-bond acceptors (Lipinski definition) is 13.